The molecular formula is C19H35N5O. The zero-order valence-corrected chi connectivity index (χ0v) is 16.3. The van der Waals surface area contributed by atoms with Crippen molar-refractivity contribution in [2.45, 2.75) is 13.0 Å². The summed E-state index contributed by atoms with van der Waals surface area (Å²) in [6.45, 7) is 6.52. The molecule has 6 nitrogen and oxygen atoms in total. The standard InChI is InChI=1S/C19H35N5O/c1-20-19(21-11-14-23(2)13-8-16-25-4)22-12-15-24(3)17-18-9-6-5-7-10-18/h5-7,9-10H,8,11-17H2,1-4H3,(H2,20,21,22). The summed E-state index contributed by atoms with van der Waals surface area (Å²) in [6, 6.07) is 10.5. The van der Waals surface area contributed by atoms with Crippen LogP contribution in [0.4, 0.5) is 0 Å². The molecule has 0 radical (unpaired) electrons. The summed E-state index contributed by atoms with van der Waals surface area (Å²) in [6.07, 6.45) is 1.06. The Bertz CT molecular complexity index is 466. The number of methoxy groups -OCH3 is 1. The summed E-state index contributed by atoms with van der Waals surface area (Å²) in [5, 5.41) is 6.73. The molecule has 0 saturated heterocycles. The Morgan fingerprint density at radius 1 is 1.00 bits per heavy atom. The zero-order valence-electron chi connectivity index (χ0n) is 16.3. The summed E-state index contributed by atoms with van der Waals surface area (Å²) >= 11 is 0. The van der Waals surface area contributed by atoms with Gasteiger partial charge >= 0.3 is 0 Å². The average Bonchev–Trinajstić information content (AvgIpc) is 2.61. The third-order valence-corrected chi connectivity index (χ3v) is 3.98. The second kappa shape index (κ2) is 13.6. The van der Waals surface area contributed by atoms with E-state index in [1.807, 2.05) is 7.05 Å². The molecule has 0 amide bonds. The first-order chi connectivity index (χ1) is 12.2. The molecule has 0 aromatic heterocycles. The van der Waals surface area contributed by atoms with E-state index in [1.165, 1.54) is 5.56 Å². The smallest absolute Gasteiger partial charge is 0.191 e. The van der Waals surface area contributed by atoms with Crippen molar-refractivity contribution in [1.82, 2.24) is 20.4 Å². The minimum absolute atomic E-state index is 0.817. The molecule has 0 aliphatic carbocycles. The van der Waals surface area contributed by atoms with E-state index < -0.39 is 0 Å². The Hall–Kier alpha value is -1.63. The van der Waals surface area contributed by atoms with Crippen LogP contribution in [0.2, 0.25) is 0 Å². The van der Waals surface area contributed by atoms with Gasteiger partial charge in [-0.05, 0) is 26.1 Å². The maximum Gasteiger partial charge on any atom is 0.191 e. The van der Waals surface area contributed by atoms with E-state index in [9.17, 15) is 0 Å². The average molecular weight is 350 g/mol. The summed E-state index contributed by atoms with van der Waals surface area (Å²) in [4.78, 5) is 8.88. The molecule has 6 heteroatoms. The molecule has 0 atom stereocenters. The van der Waals surface area contributed by atoms with Crippen LogP contribution in [0.25, 0.3) is 0 Å². The van der Waals surface area contributed by atoms with E-state index in [0.717, 1.165) is 58.3 Å². The van der Waals surface area contributed by atoms with E-state index in [4.69, 9.17) is 4.74 Å². The number of hydrogen-bond acceptors (Lipinski definition) is 4. The number of guanidine groups is 1. The van der Waals surface area contributed by atoms with Gasteiger partial charge in [-0.25, -0.2) is 0 Å². The largest absolute Gasteiger partial charge is 0.385 e. The van der Waals surface area contributed by atoms with Crippen LogP contribution in [-0.4, -0.2) is 83.3 Å². The highest BCUT2D eigenvalue weighted by Crippen LogP contribution is 2.01. The van der Waals surface area contributed by atoms with Gasteiger partial charge in [-0.3, -0.25) is 4.99 Å². The van der Waals surface area contributed by atoms with Crippen LogP contribution >= 0.6 is 0 Å². The Balaban J connectivity index is 2.13. The summed E-state index contributed by atoms with van der Waals surface area (Å²) in [7, 11) is 7.83. The molecule has 25 heavy (non-hydrogen) atoms. The van der Waals surface area contributed by atoms with Gasteiger partial charge in [0, 0.05) is 60.0 Å². The lowest BCUT2D eigenvalue weighted by molar-refractivity contribution is 0.180. The molecule has 0 bridgehead atoms. The third kappa shape index (κ3) is 10.8. The first kappa shape index (κ1) is 21.4. The normalized spacial score (nSPS) is 12.0. The second-order valence-corrected chi connectivity index (χ2v) is 6.30. The van der Waals surface area contributed by atoms with Crippen LogP contribution in [0, 0.1) is 0 Å². The highest BCUT2D eigenvalue weighted by atomic mass is 16.5. The van der Waals surface area contributed by atoms with E-state index in [0.29, 0.717) is 0 Å². The van der Waals surface area contributed by atoms with Gasteiger partial charge in [-0.1, -0.05) is 30.3 Å². The number of ether oxygens (including phenoxy) is 1. The summed E-state index contributed by atoms with van der Waals surface area (Å²) in [5.74, 6) is 0.860. The third-order valence-electron chi connectivity index (χ3n) is 3.98. The molecule has 1 aromatic carbocycles. The Morgan fingerprint density at radius 2 is 1.64 bits per heavy atom. The van der Waals surface area contributed by atoms with Crippen LogP contribution in [0.15, 0.2) is 35.3 Å². The maximum atomic E-state index is 5.08. The van der Waals surface area contributed by atoms with Crippen LogP contribution in [0.5, 0.6) is 0 Å². The molecule has 2 N–H and O–H groups in total. The number of nitrogens with one attached hydrogen (secondary N) is 2. The first-order valence-electron chi connectivity index (χ1n) is 9.00. The lowest BCUT2D eigenvalue weighted by Gasteiger charge is -2.20. The highest BCUT2D eigenvalue weighted by molar-refractivity contribution is 5.79. The minimum Gasteiger partial charge on any atom is -0.385 e. The van der Waals surface area contributed by atoms with Crippen molar-refractivity contribution in [3.05, 3.63) is 35.9 Å². The zero-order chi connectivity index (χ0) is 18.3. The lowest BCUT2D eigenvalue weighted by Crippen LogP contribution is -2.43. The van der Waals surface area contributed by atoms with Crippen molar-refractivity contribution in [2.24, 2.45) is 4.99 Å². The predicted octanol–water partition coefficient (Wildman–Crippen LogP) is 1.25. The van der Waals surface area contributed by atoms with E-state index in [1.54, 1.807) is 7.11 Å². The number of nitrogens with zero attached hydrogens (tertiary/aromatic N) is 3. The van der Waals surface area contributed by atoms with Crippen molar-refractivity contribution < 1.29 is 4.74 Å². The fraction of sp³-hybridized carbons (Fsp3) is 0.632. The van der Waals surface area contributed by atoms with Gasteiger partial charge in [0.05, 0.1) is 0 Å². The van der Waals surface area contributed by atoms with Gasteiger partial charge in [0.1, 0.15) is 0 Å². The molecule has 142 valence electrons. The Kier molecular flexibility index (Phi) is 11.7. The predicted molar refractivity (Wildman–Crippen MR) is 106 cm³/mol. The van der Waals surface area contributed by atoms with Crippen molar-refractivity contribution in [1.29, 1.82) is 0 Å². The van der Waals surface area contributed by atoms with E-state index in [2.05, 4.69) is 69.9 Å². The second-order valence-electron chi connectivity index (χ2n) is 6.30. The van der Waals surface area contributed by atoms with Crippen LogP contribution in [0.1, 0.15) is 12.0 Å². The summed E-state index contributed by atoms with van der Waals surface area (Å²) < 4.78 is 5.08. The van der Waals surface area contributed by atoms with Gasteiger partial charge in [0.2, 0.25) is 0 Å². The molecule has 0 spiro atoms. The molecule has 1 aromatic rings. The van der Waals surface area contributed by atoms with Crippen molar-refractivity contribution in [3.63, 3.8) is 0 Å². The van der Waals surface area contributed by atoms with Gasteiger partial charge in [-0.15, -0.1) is 0 Å². The van der Waals surface area contributed by atoms with Crippen LogP contribution < -0.4 is 10.6 Å². The molecular weight excluding hydrogens is 314 g/mol. The van der Waals surface area contributed by atoms with Gasteiger partial charge < -0.3 is 25.2 Å². The number of aliphatic imine (C=N–C) groups is 1. The summed E-state index contributed by atoms with van der Waals surface area (Å²) in [5.41, 5.74) is 1.34. The van der Waals surface area contributed by atoms with Crippen LogP contribution in [-0.2, 0) is 11.3 Å². The number of likely N-dealkylation sites (N-methyl/N-ethyl adjacent to an activating group) is 2. The van der Waals surface area contributed by atoms with Gasteiger partial charge in [-0.2, -0.15) is 0 Å². The highest BCUT2D eigenvalue weighted by Gasteiger charge is 2.02. The fourth-order valence-corrected chi connectivity index (χ4v) is 2.52. The first-order valence-corrected chi connectivity index (χ1v) is 9.00. The number of rotatable bonds is 12. The topological polar surface area (TPSA) is 52.1 Å². The molecule has 1 rings (SSSR count). The quantitative estimate of drug-likeness (QED) is 0.338. The Morgan fingerprint density at radius 3 is 2.24 bits per heavy atom. The molecule has 0 aliphatic heterocycles. The lowest BCUT2D eigenvalue weighted by atomic mass is 10.2. The van der Waals surface area contributed by atoms with Crippen LogP contribution in [0.3, 0.4) is 0 Å². The molecule has 0 fully saturated rings. The van der Waals surface area contributed by atoms with Crippen molar-refractivity contribution in [2.75, 3.05) is 67.6 Å². The van der Waals surface area contributed by atoms with E-state index >= 15 is 0 Å². The van der Waals surface area contributed by atoms with Gasteiger partial charge in [0.25, 0.3) is 0 Å². The Labute approximate surface area is 153 Å². The van der Waals surface area contributed by atoms with Crippen molar-refractivity contribution in [3.8, 4) is 0 Å². The fourth-order valence-electron chi connectivity index (χ4n) is 2.52. The monoisotopic (exact) mass is 349 g/mol. The van der Waals surface area contributed by atoms with E-state index in [-0.39, 0.29) is 0 Å². The molecule has 0 saturated carbocycles. The number of hydrogen-bond donors (Lipinski definition) is 2. The maximum absolute atomic E-state index is 5.08. The molecule has 0 heterocycles. The molecule has 0 aliphatic rings. The minimum atomic E-state index is 0.817. The number of benzene rings is 1. The van der Waals surface area contributed by atoms with Gasteiger partial charge in [0.15, 0.2) is 5.96 Å². The SMILES string of the molecule is CN=C(NCCN(C)CCCOC)NCCN(C)Cc1ccccc1. The molecule has 0 unspecified atom stereocenters. The van der Waals surface area contributed by atoms with Crippen molar-refractivity contribution >= 4 is 5.96 Å².